The molecule has 0 aliphatic heterocycles. The molecule has 0 radical (unpaired) electrons. The van der Waals surface area contributed by atoms with E-state index in [1.54, 1.807) is 19.1 Å². The zero-order valence-electron chi connectivity index (χ0n) is 17.3. The Balaban J connectivity index is 0.00000729. The van der Waals surface area contributed by atoms with Gasteiger partial charge in [0.2, 0.25) is 5.91 Å². The third-order valence-corrected chi connectivity index (χ3v) is 5.32. The fourth-order valence-corrected chi connectivity index (χ4v) is 3.44. The number of aliphatic imine (C=N–C) groups is 1. The summed E-state index contributed by atoms with van der Waals surface area (Å²) in [7, 11) is -3.22. The summed E-state index contributed by atoms with van der Waals surface area (Å²) in [5.74, 6) is 0.637. The van der Waals surface area contributed by atoms with Gasteiger partial charge in [-0.15, -0.1) is 24.0 Å². The van der Waals surface area contributed by atoms with Gasteiger partial charge in [-0.05, 0) is 44.4 Å². The van der Waals surface area contributed by atoms with Crippen LogP contribution in [0.5, 0.6) is 0 Å². The van der Waals surface area contributed by atoms with E-state index in [0.717, 1.165) is 12.0 Å². The summed E-state index contributed by atoms with van der Waals surface area (Å²) >= 11 is 0. The minimum absolute atomic E-state index is 0. The molecule has 0 spiro atoms. The first-order chi connectivity index (χ1) is 12.7. The molecule has 3 N–H and O–H groups in total. The van der Waals surface area contributed by atoms with E-state index in [9.17, 15) is 13.2 Å². The van der Waals surface area contributed by atoms with Crippen LogP contribution in [0.25, 0.3) is 0 Å². The lowest BCUT2D eigenvalue weighted by Crippen LogP contribution is -2.40. The Morgan fingerprint density at radius 1 is 1.21 bits per heavy atom. The first-order valence-corrected chi connectivity index (χ1v) is 11.2. The number of rotatable bonds is 9. The van der Waals surface area contributed by atoms with Crippen LogP contribution in [0, 0.1) is 6.92 Å². The van der Waals surface area contributed by atoms with Gasteiger partial charge in [0, 0.05) is 31.8 Å². The van der Waals surface area contributed by atoms with Crippen LogP contribution < -0.4 is 16.0 Å². The van der Waals surface area contributed by atoms with Gasteiger partial charge < -0.3 is 16.0 Å². The third kappa shape index (κ3) is 9.72. The number of nitrogens with one attached hydrogen (secondary N) is 3. The second-order valence-electron chi connectivity index (χ2n) is 6.62. The van der Waals surface area contributed by atoms with Gasteiger partial charge in [0.15, 0.2) is 15.8 Å². The quantitative estimate of drug-likeness (QED) is 0.262. The molecule has 1 atom stereocenters. The van der Waals surface area contributed by atoms with Gasteiger partial charge in [-0.2, -0.15) is 0 Å². The van der Waals surface area contributed by atoms with Crippen LogP contribution in [0.15, 0.2) is 28.1 Å². The van der Waals surface area contributed by atoms with Crippen LogP contribution >= 0.6 is 24.0 Å². The summed E-state index contributed by atoms with van der Waals surface area (Å²) < 4.78 is 23.4. The molecule has 0 saturated carbocycles. The number of hydrogen-bond donors (Lipinski definition) is 3. The van der Waals surface area contributed by atoms with Gasteiger partial charge in [-0.3, -0.25) is 4.79 Å². The Kier molecular flexibility index (Phi) is 12.3. The number of nitrogens with zero attached hydrogens (tertiary/aromatic N) is 1. The molecule has 1 amide bonds. The van der Waals surface area contributed by atoms with Gasteiger partial charge in [0.25, 0.3) is 0 Å². The molecule has 1 rings (SSSR count). The van der Waals surface area contributed by atoms with E-state index in [2.05, 4.69) is 20.9 Å². The fourth-order valence-electron chi connectivity index (χ4n) is 2.48. The van der Waals surface area contributed by atoms with Crippen LogP contribution in [-0.2, 0) is 21.2 Å². The van der Waals surface area contributed by atoms with Crippen molar-refractivity contribution >= 4 is 45.7 Å². The molecule has 0 heterocycles. The van der Waals surface area contributed by atoms with Crippen molar-refractivity contribution in [2.24, 2.45) is 4.99 Å². The van der Waals surface area contributed by atoms with Gasteiger partial charge in [-0.1, -0.05) is 19.1 Å². The van der Waals surface area contributed by atoms with E-state index < -0.39 is 9.84 Å². The Labute approximate surface area is 186 Å². The highest BCUT2D eigenvalue weighted by atomic mass is 127. The fraction of sp³-hybridized carbons (Fsp3) is 0.579. The predicted octanol–water partition coefficient (Wildman–Crippen LogP) is 2.38. The molecule has 0 aliphatic rings. The standard InChI is InChI=1S/C19H32N4O3S.HI/c1-6-15(4)23-18(24)10-11-21-19(20-7-2)22-13-16-8-9-17(14(3)12-16)27(5,25)26;/h8-9,12,15H,6-7,10-11,13H2,1-5H3,(H,23,24)(H2,20,21,22);1H. The van der Waals surface area contributed by atoms with E-state index in [4.69, 9.17) is 0 Å². The summed E-state index contributed by atoms with van der Waals surface area (Å²) in [4.78, 5) is 16.7. The average Bonchev–Trinajstić information content (AvgIpc) is 2.58. The van der Waals surface area contributed by atoms with Crippen LogP contribution in [0.2, 0.25) is 0 Å². The number of carbonyl (C=O) groups excluding carboxylic acids is 1. The lowest BCUT2D eigenvalue weighted by atomic mass is 10.1. The van der Waals surface area contributed by atoms with E-state index >= 15 is 0 Å². The highest BCUT2D eigenvalue weighted by molar-refractivity contribution is 14.0. The Hall–Kier alpha value is -1.36. The molecule has 0 saturated heterocycles. The molecule has 9 heteroatoms. The number of benzene rings is 1. The van der Waals surface area contributed by atoms with Crippen molar-refractivity contribution in [1.82, 2.24) is 16.0 Å². The molecule has 1 aromatic rings. The first kappa shape index (κ1) is 26.6. The Morgan fingerprint density at radius 3 is 2.43 bits per heavy atom. The van der Waals surface area contributed by atoms with Gasteiger partial charge >= 0.3 is 0 Å². The molecular formula is C19H33IN4O3S. The molecule has 1 aromatic carbocycles. The van der Waals surface area contributed by atoms with Crippen molar-refractivity contribution in [3.8, 4) is 0 Å². The molecule has 0 bridgehead atoms. The van der Waals surface area contributed by atoms with Crippen molar-refractivity contribution in [3.05, 3.63) is 29.3 Å². The smallest absolute Gasteiger partial charge is 0.221 e. The largest absolute Gasteiger partial charge is 0.357 e. The monoisotopic (exact) mass is 524 g/mol. The molecule has 0 aliphatic carbocycles. The van der Waals surface area contributed by atoms with E-state index in [-0.39, 0.29) is 35.9 Å². The Morgan fingerprint density at radius 2 is 1.89 bits per heavy atom. The minimum atomic E-state index is -3.22. The van der Waals surface area contributed by atoms with E-state index in [1.165, 1.54) is 6.26 Å². The maximum Gasteiger partial charge on any atom is 0.221 e. The molecule has 7 nitrogen and oxygen atoms in total. The van der Waals surface area contributed by atoms with Crippen LogP contribution in [0.1, 0.15) is 44.7 Å². The maximum absolute atomic E-state index is 11.8. The van der Waals surface area contributed by atoms with Crippen molar-refractivity contribution in [2.75, 3.05) is 19.3 Å². The number of sulfone groups is 1. The lowest BCUT2D eigenvalue weighted by Gasteiger charge is -2.13. The molecule has 0 aromatic heterocycles. The van der Waals surface area contributed by atoms with E-state index in [0.29, 0.717) is 42.5 Å². The zero-order valence-corrected chi connectivity index (χ0v) is 20.5. The number of guanidine groups is 1. The van der Waals surface area contributed by atoms with Gasteiger partial charge in [0.1, 0.15) is 0 Å². The third-order valence-electron chi connectivity index (χ3n) is 4.07. The Bertz CT molecular complexity index is 766. The number of hydrogen-bond acceptors (Lipinski definition) is 4. The topological polar surface area (TPSA) is 99.7 Å². The predicted molar refractivity (Wildman–Crippen MR) is 125 cm³/mol. The van der Waals surface area contributed by atoms with Crippen molar-refractivity contribution in [2.45, 2.75) is 58.0 Å². The first-order valence-electron chi connectivity index (χ1n) is 9.28. The molecule has 28 heavy (non-hydrogen) atoms. The van der Waals surface area contributed by atoms with Crippen molar-refractivity contribution in [1.29, 1.82) is 0 Å². The molecule has 0 fully saturated rings. The second-order valence-corrected chi connectivity index (χ2v) is 8.60. The highest BCUT2D eigenvalue weighted by Crippen LogP contribution is 2.17. The molecule has 160 valence electrons. The summed E-state index contributed by atoms with van der Waals surface area (Å²) in [6.45, 7) is 9.37. The molecule has 1 unspecified atom stereocenters. The van der Waals surface area contributed by atoms with Crippen LogP contribution in [0.3, 0.4) is 0 Å². The summed E-state index contributed by atoms with van der Waals surface area (Å²) in [5, 5.41) is 9.21. The normalized spacial score (nSPS) is 12.7. The van der Waals surface area contributed by atoms with Gasteiger partial charge in [0.05, 0.1) is 11.4 Å². The van der Waals surface area contributed by atoms with Gasteiger partial charge in [-0.25, -0.2) is 13.4 Å². The zero-order chi connectivity index (χ0) is 20.4. The van der Waals surface area contributed by atoms with Crippen molar-refractivity contribution < 1.29 is 13.2 Å². The minimum Gasteiger partial charge on any atom is -0.357 e. The number of carbonyl (C=O) groups is 1. The maximum atomic E-state index is 11.8. The number of aryl methyl sites for hydroxylation is 1. The summed E-state index contributed by atoms with van der Waals surface area (Å²) in [6.07, 6.45) is 2.48. The van der Waals surface area contributed by atoms with Crippen LogP contribution in [0.4, 0.5) is 0 Å². The summed E-state index contributed by atoms with van der Waals surface area (Å²) in [5.41, 5.74) is 1.64. The number of halogens is 1. The highest BCUT2D eigenvalue weighted by Gasteiger charge is 2.11. The molecular weight excluding hydrogens is 491 g/mol. The SMILES string of the molecule is CCNC(=NCc1ccc(S(C)(=O)=O)c(C)c1)NCCC(=O)NC(C)CC.I. The lowest BCUT2D eigenvalue weighted by molar-refractivity contribution is -0.121. The van der Waals surface area contributed by atoms with E-state index in [1.807, 2.05) is 26.8 Å². The second kappa shape index (κ2) is 13.0. The van der Waals surface area contributed by atoms with Crippen LogP contribution in [-0.4, -0.2) is 45.7 Å². The summed E-state index contributed by atoms with van der Waals surface area (Å²) in [6, 6.07) is 5.41. The van der Waals surface area contributed by atoms with Crippen molar-refractivity contribution in [3.63, 3.8) is 0 Å². The number of amides is 1. The average molecular weight is 524 g/mol.